The fourth-order valence-corrected chi connectivity index (χ4v) is 1.50. The second kappa shape index (κ2) is 4.16. The molecule has 1 aliphatic carbocycles. The minimum atomic E-state index is -4.71. The van der Waals surface area contributed by atoms with Gasteiger partial charge in [0.2, 0.25) is 0 Å². The third-order valence-electron chi connectivity index (χ3n) is 2.00. The Bertz CT molecular complexity index is 374. The van der Waals surface area contributed by atoms with E-state index in [-0.39, 0.29) is 0 Å². The summed E-state index contributed by atoms with van der Waals surface area (Å²) in [4.78, 5) is -2.45. The normalized spacial score (nSPS) is 25.3. The summed E-state index contributed by atoms with van der Waals surface area (Å²) in [6.07, 6.45) is -6.25. The molecular formula is C9H5ClF6. The molecule has 0 saturated heterocycles. The SMILES string of the molecule is FC(F)=C(F)C1(Cl)C=CC=C(C(F)(F)F)C1. The lowest BCUT2D eigenvalue weighted by Gasteiger charge is -2.26. The summed E-state index contributed by atoms with van der Waals surface area (Å²) in [5, 5.41) is 0. The van der Waals surface area contributed by atoms with Crippen molar-refractivity contribution in [2.45, 2.75) is 17.5 Å². The van der Waals surface area contributed by atoms with Gasteiger partial charge in [-0.1, -0.05) is 18.2 Å². The standard InChI is InChI=1S/C9H5ClF6/c10-8(6(11)7(12)13)3-1-2-5(4-8)9(14,15)16/h1-3H,4H2. The molecule has 0 aromatic rings. The fourth-order valence-electron chi connectivity index (χ4n) is 1.21. The molecule has 1 aliphatic rings. The molecule has 1 rings (SSSR count). The number of alkyl halides is 4. The number of hydrogen-bond acceptors (Lipinski definition) is 0. The molecule has 0 bridgehead atoms. The number of allylic oxidation sites excluding steroid dienone is 5. The predicted octanol–water partition coefficient (Wildman–Crippen LogP) is 4.49. The Hall–Kier alpha value is -0.910. The van der Waals surface area contributed by atoms with Crippen molar-refractivity contribution >= 4 is 11.6 Å². The maximum Gasteiger partial charge on any atom is 0.412 e. The summed E-state index contributed by atoms with van der Waals surface area (Å²) in [6.45, 7) is 0. The molecule has 0 N–H and O–H groups in total. The largest absolute Gasteiger partial charge is 0.412 e. The monoisotopic (exact) mass is 262 g/mol. The summed E-state index contributed by atoms with van der Waals surface area (Å²) in [5.41, 5.74) is -1.15. The van der Waals surface area contributed by atoms with E-state index in [0.29, 0.717) is 6.08 Å². The van der Waals surface area contributed by atoms with Crippen molar-refractivity contribution in [2.24, 2.45) is 0 Å². The molecule has 0 heterocycles. The highest BCUT2D eigenvalue weighted by atomic mass is 35.5. The van der Waals surface area contributed by atoms with Crippen LogP contribution < -0.4 is 0 Å². The van der Waals surface area contributed by atoms with Crippen molar-refractivity contribution in [1.29, 1.82) is 0 Å². The first kappa shape index (κ1) is 13.2. The topological polar surface area (TPSA) is 0 Å². The molecule has 0 amide bonds. The highest BCUT2D eigenvalue weighted by Crippen LogP contribution is 2.43. The van der Waals surface area contributed by atoms with Crippen molar-refractivity contribution < 1.29 is 26.3 Å². The smallest absolute Gasteiger partial charge is 0.204 e. The summed E-state index contributed by atoms with van der Waals surface area (Å²) in [6, 6.07) is 0. The highest BCUT2D eigenvalue weighted by molar-refractivity contribution is 6.27. The van der Waals surface area contributed by atoms with E-state index < -0.39 is 35.0 Å². The molecule has 0 nitrogen and oxygen atoms in total. The third-order valence-corrected chi connectivity index (χ3v) is 2.43. The maximum atomic E-state index is 12.9. The molecule has 0 aromatic heterocycles. The van der Waals surface area contributed by atoms with E-state index in [2.05, 4.69) is 0 Å². The summed E-state index contributed by atoms with van der Waals surface area (Å²) in [7, 11) is 0. The molecule has 16 heavy (non-hydrogen) atoms. The Labute approximate surface area is 91.9 Å². The van der Waals surface area contributed by atoms with Gasteiger partial charge in [0.05, 0.1) is 0 Å². The van der Waals surface area contributed by atoms with E-state index in [4.69, 9.17) is 11.6 Å². The van der Waals surface area contributed by atoms with Crippen LogP contribution in [0.2, 0.25) is 0 Å². The van der Waals surface area contributed by atoms with Crippen LogP contribution in [0.4, 0.5) is 26.3 Å². The van der Waals surface area contributed by atoms with E-state index in [1.165, 1.54) is 0 Å². The van der Waals surface area contributed by atoms with Crippen LogP contribution in [0, 0.1) is 0 Å². The molecule has 1 atom stereocenters. The van der Waals surface area contributed by atoms with Gasteiger partial charge < -0.3 is 0 Å². The summed E-state index contributed by atoms with van der Waals surface area (Å²) >= 11 is 5.38. The van der Waals surface area contributed by atoms with Gasteiger partial charge in [-0.25, -0.2) is 4.39 Å². The van der Waals surface area contributed by atoms with E-state index in [1.54, 1.807) is 0 Å². The highest BCUT2D eigenvalue weighted by Gasteiger charge is 2.43. The lowest BCUT2D eigenvalue weighted by Crippen LogP contribution is -2.27. The minimum absolute atomic E-state index is 0.671. The Balaban J connectivity index is 3.05. The number of rotatable bonds is 1. The molecule has 1 unspecified atom stereocenters. The van der Waals surface area contributed by atoms with Gasteiger partial charge in [0.15, 0.2) is 5.83 Å². The van der Waals surface area contributed by atoms with E-state index >= 15 is 0 Å². The van der Waals surface area contributed by atoms with Crippen LogP contribution in [0.5, 0.6) is 0 Å². The Morgan fingerprint density at radius 3 is 2.25 bits per heavy atom. The Morgan fingerprint density at radius 2 is 1.81 bits per heavy atom. The maximum absolute atomic E-state index is 12.9. The van der Waals surface area contributed by atoms with Crippen molar-refractivity contribution in [3.63, 3.8) is 0 Å². The lowest BCUT2D eigenvalue weighted by molar-refractivity contribution is -0.0946. The zero-order chi connectivity index (χ0) is 12.6. The van der Waals surface area contributed by atoms with Gasteiger partial charge in [0.1, 0.15) is 4.87 Å². The molecular weight excluding hydrogens is 258 g/mol. The Morgan fingerprint density at radius 1 is 1.25 bits per heavy atom. The number of halogens is 7. The van der Waals surface area contributed by atoms with Gasteiger partial charge in [0, 0.05) is 12.0 Å². The molecule has 0 radical (unpaired) electrons. The van der Waals surface area contributed by atoms with Crippen LogP contribution in [-0.2, 0) is 0 Å². The van der Waals surface area contributed by atoms with Crippen LogP contribution in [0.3, 0.4) is 0 Å². The predicted molar refractivity (Wildman–Crippen MR) is 46.8 cm³/mol. The minimum Gasteiger partial charge on any atom is -0.204 e. The van der Waals surface area contributed by atoms with Crippen LogP contribution in [0.25, 0.3) is 0 Å². The first-order valence-corrected chi connectivity index (χ1v) is 4.40. The van der Waals surface area contributed by atoms with Crippen molar-refractivity contribution in [2.75, 3.05) is 0 Å². The molecule has 0 aliphatic heterocycles. The van der Waals surface area contributed by atoms with Crippen molar-refractivity contribution in [3.05, 3.63) is 35.7 Å². The first-order chi connectivity index (χ1) is 7.17. The zero-order valence-corrected chi connectivity index (χ0v) is 8.34. The van der Waals surface area contributed by atoms with Gasteiger partial charge in [-0.3, -0.25) is 0 Å². The van der Waals surface area contributed by atoms with Crippen LogP contribution >= 0.6 is 11.6 Å². The van der Waals surface area contributed by atoms with Gasteiger partial charge >= 0.3 is 12.3 Å². The van der Waals surface area contributed by atoms with Crippen LogP contribution in [-0.4, -0.2) is 11.1 Å². The van der Waals surface area contributed by atoms with E-state index in [9.17, 15) is 26.3 Å². The second-order valence-corrected chi connectivity index (χ2v) is 3.84. The van der Waals surface area contributed by atoms with Gasteiger partial charge in [-0.2, -0.15) is 22.0 Å². The zero-order valence-electron chi connectivity index (χ0n) is 7.58. The van der Waals surface area contributed by atoms with Crippen molar-refractivity contribution in [1.82, 2.24) is 0 Å². The van der Waals surface area contributed by atoms with E-state index in [0.717, 1.165) is 12.2 Å². The second-order valence-electron chi connectivity index (χ2n) is 3.16. The molecule has 90 valence electrons. The van der Waals surface area contributed by atoms with Crippen LogP contribution in [0.1, 0.15) is 6.42 Å². The third kappa shape index (κ3) is 2.61. The van der Waals surface area contributed by atoms with Crippen LogP contribution in [0.15, 0.2) is 35.7 Å². The lowest BCUT2D eigenvalue weighted by atomic mass is 9.92. The van der Waals surface area contributed by atoms with Gasteiger partial charge in [0.25, 0.3) is 0 Å². The molecule has 0 saturated carbocycles. The quantitative estimate of drug-likeness (QED) is 0.482. The average Bonchev–Trinajstić information content (AvgIpc) is 2.15. The first-order valence-electron chi connectivity index (χ1n) is 4.02. The molecule has 7 heteroatoms. The summed E-state index contributed by atoms with van der Waals surface area (Å²) in [5.74, 6) is -2.06. The number of hydrogen-bond donors (Lipinski definition) is 0. The fraction of sp³-hybridized carbons (Fsp3) is 0.333. The average molecular weight is 263 g/mol. The van der Waals surface area contributed by atoms with Gasteiger partial charge in [-0.15, -0.1) is 11.6 Å². The van der Waals surface area contributed by atoms with Crippen molar-refractivity contribution in [3.8, 4) is 0 Å². The molecule has 0 aromatic carbocycles. The molecule has 0 fully saturated rings. The van der Waals surface area contributed by atoms with Gasteiger partial charge in [-0.05, 0) is 0 Å². The Kier molecular flexibility index (Phi) is 3.42. The van der Waals surface area contributed by atoms with E-state index in [1.807, 2.05) is 0 Å². The summed E-state index contributed by atoms with van der Waals surface area (Å²) < 4.78 is 73.6. The molecule has 0 spiro atoms.